The van der Waals surface area contributed by atoms with E-state index in [0.717, 1.165) is 27.5 Å². The molecular formula is C23H22N2O5S2. The van der Waals surface area contributed by atoms with Crippen molar-refractivity contribution in [1.82, 2.24) is 9.88 Å². The molecule has 2 saturated carbocycles. The fourth-order valence-corrected chi connectivity index (χ4v) is 9.54. The number of aromatic nitrogens is 1. The lowest BCUT2D eigenvalue weighted by molar-refractivity contribution is -0.142. The predicted molar refractivity (Wildman–Crippen MR) is 119 cm³/mol. The number of nitrogens with one attached hydrogen (secondary N) is 1. The third-order valence-electron chi connectivity index (χ3n) is 7.80. The number of fused-ring (bicyclic) bond motifs is 9. The van der Waals surface area contributed by atoms with Crippen LogP contribution in [0.4, 0.5) is 0 Å². The third-order valence-corrected chi connectivity index (χ3v) is 10.4. The number of amides is 2. The molecule has 2 amide bonds. The van der Waals surface area contributed by atoms with Crippen LogP contribution in [-0.2, 0) is 14.4 Å². The highest BCUT2D eigenvalue weighted by atomic mass is 32.2. The molecule has 3 heterocycles. The molecule has 2 bridgehead atoms. The first-order chi connectivity index (χ1) is 15.3. The van der Waals surface area contributed by atoms with Crippen molar-refractivity contribution in [3.63, 3.8) is 0 Å². The number of aryl methyl sites for hydroxylation is 1. The molecule has 166 valence electrons. The normalized spacial score (nSPS) is 34.5. The molecule has 9 heteroatoms. The summed E-state index contributed by atoms with van der Waals surface area (Å²) in [4.78, 5) is 54.9. The number of carboxylic acid groups (broad SMARTS) is 1. The Bertz CT molecular complexity index is 1200. The van der Waals surface area contributed by atoms with E-state index in [9.17, 15) is 19.2 Å². The molecule has 2 aliphatic carbocycles. The molecule has 3 fully saturated rings. The summed E-state index contributed by atoms with van der Waals surface area (Å²) in [5.41, 5.74) is 2.31. The van der Waals surface area contributed by atoms with Gasteiger partial charge in [0.15, 0.2) is 0 Å². The molecule has 6 rings (SSSR count). The van der Waals surface area contributed by atoms with Crippen LogP contribution in [0.15, 0.2) is 34.1 Å². The number of aromatic amines is 1. The lowest BCUT2D eigenvalue weighted by atomic mass is 9.68. The fraction of sp³-hybridized carbons (Fsp3) is 0.478. The number of imide groups is 1. The van der Waals surface area contributed by atoms with E-state index in [1.807, 2.05) is 6.92 Å². The summed E-state index contributed by atoms with van der Waals surface area (Å²) in [5, 5.41) is 10.1. The SMILES string of the molecule is Cc1ccc([C@@H]2c3sc(=O)[nH]c3S[C@@H]3[C@H]4C[C@@H]([C@@H]5C(=O)N(CCC(=O)O)C(=O)[C@H]45)[C@H]23)cc1. The zero-order chi connectivity index (χ0) is 22.3. The molecule has 2 aliphatic heterocycles. The molecule has 7 atom stereocenters. The summed E-state index contributed by atoms with van der Waals surface area (Å²) in [7, 11) is 0. The van der Waals surface area contributed by atoms with Gasteiger partial charge in [0, 0.05) is 22.6 Å². The van der Waals surface area contributed by atoms with Crippen molar-refractivity contribution in [3.05, 3.63) is 49.9 Å². The van der Waals surface area contributed by atoms with Gasteiger partial charge in [0.05, 0.1) is 23.3 Å². The van der Waals surface area contributed by atoms with Crippen LogP contribution in [0.2, 0.25) is 0 Å². The second-order valence-electron chi connectivity index (χ2n) is 9.34. The van der Waals surface area contributed by atoms with Gasteiger partial charge in [-0.25, -0.2) is 0 Å². The van der Waals surface area contributed by atoms with Crippen LogP contribution in [0.3, 0.4) is 0 Å². The lowest BCUT2D eigenvalue weighted by Crippen LogP contribution is -2.42. The van der Waals surface area contributed by atoms with E-state index in [2.05, 4.69) is 29.2 Å². The van der Waals surface area contributed by atoms with Crippen molar-refractivity contribution < 1.29 is 19.5 Å². The summed E-state index contributed by atoms with van der Waals surface area (Å²) in [5.74, 6) is -1.83. The first kappa shape index (κ1) is 20.2. The molecule has 1 aromatic carbocycles. The number of thioether (sulfide) groups is 1. The van der Waals surface area contributed by atoms with E-state index in [1.54, 1.807) is 11.8 Å². The molecule has 2 N–H and O–H groups in total. The van der Waals surface area contributed by atoms with Crippen molar-refractivity contribution in [2.24, 2.45) is 29.6 Å². The van der Waals surface area contributed by atoms with E-state index in [1.165, 1.54) is 16.2 Å². The van der Waals surface area contributed by atoms with E-state index in [0.29, 0.717) is 0 Å². The Balaban J connectivity index is 1.41. The summed E-state index contributed by atoms with van der Waals surface area (Å²) < 4.78 is 0. The minimum atomic E-state index is -1.01. The Hall–Kier alpha value is -2.39. The van der Waals surface area contributed by atoms with Crippen molar-refractivity contribution in [2.45, 2.75) is 36.0 Å². The first-order valence-electron chi connectivity index (χ1n) is 10.9. The van der Waals surface area contributed by atoms with E-state index < -0.39 is 5.97 Å². The van der Waals surface area contributed by atoms with Crippen LogP contribution >= 0.6 is 23.1 Å². The molecule has 0 radical (unpaired) electrons. The predicted octanol–water partition coefficient (Wildman–Crippen LogP) is 2.69. The maximum absolute atomic E-state index is 13.3. The zero-order valence-corrected chi connectivity index (χ0v) is 18.9. The minimum absolute atomic E-state index is 0.0210. The van der Waals surface area contributed by atoms with Crippen molar-refractivity contribution >= 4 is 40.9 Å². The maximum atomic E-state index is 13.3. The Labute approximate surface area is 192 Å². The number of H-pyrrole nitrogens is 1. The van der Waals surface area contributed by atoms with Crippen molar-refractivity contribution in [2.75, 3.05) is 6.54 Å². The average molecular weight is 471 g/mol. The number of aliphatic carboxylic acids is 1. The number of carbonyl (C=O) groups is 3. The number of carboxylic acids is 1. The van der Waals surface area contributed by atoms with Gasteiger partial charge in [-0.15, -0.1) is 11.8 Å². The van der Waals surface area contributed by atoms with Gasteiger partial charge in [0.1, 0.15) is 0 Å². The average Bonchev–Trinajstić information content (AvgIpc) is 3.47. The quantitative estimate of drug-likeness (QED) is 0.666. The lowest BCUT2D eigenvalue weighted by Gasteiger charge is -2.43. The highest BCUT2D eigenvalue weighted by Gasteiger charge is 2.69. The van der Waals surface area contributed by atoms with Crippen molar-refractivity contribution in [3.8, 4) is 0 Å². The smallest absolute Gasteiger partial charge is 0.305 e. The van der Waals surface area contributed by atoms with E-state index in [4.69, 9.17) is 5.11 Å². The summed E-state index contributed by atoms with van der Waals surface area (Å²) in [6.07, 6.45) is 0.613. The molecular weight excluding hydrogens is 448 g/mol. The molecule has 0 unspecified atom stereocenters. The monoisotopic (exact) mass is 470 g/mol. The summed E-state index contributed by atoms with van der Waals surface area (Å²) in [6, 6.07) is 8.39. The molecule has 7 nitrogen and oxygen atoms in total. The first-order valence-corrected chi connectivity index (χ1v) is 12.6. The summed E-state index contributed by atoms with van der Waals surface area (Å²) in [6.45, 7) is 1.99. The van der Waals surface area contributed by atoms with Gasteiger partial charge < -0.3 is 10.1 Å². The Morgan fingerprint density at radius 2 is 1.81 bits per heavy atom. The molecule has 4 aliphatic rings. The molecule has 2 aromatic rings. The Morgan fingerprint density at radius 3 is 2.50 bits per heavy atom. The largest absolute Gasteiger partial charge is 0.481 e. The molecule has 0 spiro atoms. The topological polar surface area (TPSA) is 108 Å². The molecule has 1 saturated heterocycles. The van der Waals surface area contributed by atoms with Gasteiger partial charge in [-0.2, -0.15) is 0 Å². The molecule has 32 heavy (non-hydrogen) atoms. The van der Waals surface area contributed by atoms with Gasteiger partial charge in [0.25, 0.3) is 0 Å². The molecule has 1 aromatic heterocycles. The Morgan fingerprint density at radius 1 is 1.12 bits per heavy atom. The van der Waals surface area contributed by atoms with E-state index in [-0.39, 0.29) is 70.4 Å². The van der Waals surface area contributed by atoms with Crippen LogP contribution in [-0.4, -0.2) is 44.6 Å². The number of hydrogen-bond donors (Lipinski definition) is 2. The second kappa shape index (κ2) is 7.05. The number of nitrogens with zero attached hydrogens (tertiary/aromatic N) is 1. The highest BCUT2D eigenvalue weighted by Crippen LogP contribution is 2.68. The van der Waals surface area contributed by atoms with Crippen molar-refractivity contribution in [1.29, 1.82) is 0 Å². The summed E-state index contributed by atoms with van der Waals surface area (Å²) >= 11 is 2.92. The number of benzene rings is 1. The van der Waals surface area contributed by atoms with Gasteiger partial charge in [0.2, 0.25) is 11.8 Å². The number of thiazole rings is 1. The van der Waals surface area contributed by atoms with Gasteiger partial charge >= 0.3 is 10.8 Å². The number of likely N-dealkylation sites (tertiary alicyclic amines) is 1. The maximum Gasteiger partial charge on any atom is 0.305 e. The third kappa shape index (κ3) is 2.73. The number of carbonyl (C=O) groups excluding carboxylic acids is 2. The van der Waals surface area contributed by atoms with Crippen LogP contribution < -0.4 is 4.87 Å². The van der Waals surface area contributed by atoms with Gasteiger partial charge in [-0.3, -0.25) is 24.1 Å². The van der Waals surface area contributed by atoms with Crippen LogP contribution in [0.5, 0.6) is 0 Å². The van der Waals surface area contributed by atoms with E-state index >= 15 is 0 Å². The number of rotatable bonds is 4. The fourth-order valence-electron chi connectivity index (χ4n) is 6.65. The van der Waals surface area contributed by atoms with Crippen LogP contribution in [0, 0.1) is 36.5 Å². The Kier molecular flexibility index (Phi) is 4.46. The highest BCUT2D eigenvalue weighted by molar-refractivity contribution is 8.00. The van der Waals surface area contributed by atoms with Gasteiger partial charge in [-0.05, 0) is 36.7 Å². The second-order valence-corrected chi connectivity index (χ2v) is 11.5. The standard InChI is InChI=1S/C23H22N2O5S2/c1-9-2-4-10(5-3-9)14-15-11-8-12(18(15)31-20-19(14)32-23(30)24-20)17-16(11)21(28)25(22(17)29)7-6-13(26)27/h2-5,11-12,14-18H,6-8H2,1H3,(H,24,30)(H,26,27)/t11-,12+,14+,15-,16+,17-,18-/m1/s1. The van der Waals surface area contributed by atoms with Crippen LogP contribution in [0.25, 0.3) is 0 Å². The number of hydrogen-bond acceptors (Lipinski definition) is 6. The minimum Gasteiger partial charge on any atom is -0.481 e. The zero-order valence-electron chi connectivity index (χ0n) is 17.3. The van der Waals surface area contributed by atoms with Gasteiger partial charge in [-0.1, -0.05) is 41.2 Å². The van der Waals surface area contributed by atoms with Crippen LogP contribution in [0.1, 0.15) is 34.8 Å².